The number of aryl methyl sites for hydroxylation is 1. The number of nitrogens with one attached hydrogen (secondary N) is 1. The van der Waals surface area contributed by atoms with Gasteiger partial charge in [-0.15, -0.1) is 0 Å². The monoisotopic (exact) mass is 293 g/mol. The number of hydrogen-bond donors (Lipinski definition) is 3. The Kier molecular flexibility index (Phi) is 6.14. The number of carboxylic acids is 1. The summed E-state index contributed by atoms with van der Waals surface area (Å²) in [4.78, 5) is 26.4. The van der Waals surface area contributed by atoms with Crippen molar-refractivity contribution in [2.75, 3.05) is 11.9 Å². The van der Waals surface area contributed by atoms with E-state index in [1.807, 2.05) is 0 Å². The zero-order chi connectivity index (χ0) is 16.0. The smallest absolute Gasteiger partial charge is 0.303 e. The molecule has 6 nitrogen and oxygen atoms in total. The van der Waals surface area contributed by atoms with Crippen LogP contribution in [-0.2, 0) is 4.79 Å². The molecule has 0 saturated heterocycles. The van der Waals surface area contributed by atoms with E-state index in [1.54, 1.807) is 19.1 Å². The molecule has 0 aliphatic heterocycles. The van der Waals surface area contributed by atoms with Gasteiger partial charge in [-0.2, -0.15) is 0 Å². The van der Waals surface area contributed by atoms with Gasteiger partial charge < -0.3 is 16.2 Å². The summed E-state index contributed by atoms with van der Waals surface area (Å²) in [5, 5.41) is 12.1. The van der Waals surface area contributed by atoms with Gasteiger partial charge in [-0.25, -0.2) is 4.98 Å². The number of aromatic nitrogens is 1. The van der Waals surface area contributed by atoms with Crippen LogP contribution in [0.3, 0.4) is 0 Å². The van der Waals surface area contributed by atoms with Crippen LogP contribution in [0.5, 0.6) is 0 Å². The number of anilines is 1. The number of nitrogens with two attached hydrogens (primary N) is 1. The van der Waals surface area contributed by atoms with E-state index in [9.17, 15) is 9.59 Å². The Morgan fingerprint density at radius 2 is 2.05 bits per heavy atom. The maximum atomic E-state index is 11.2. The van der Waals surface area contributed by atoms with Crippen molar-refractivity contribution < 1.29 is 14.7 Å². The van der Waals surface area contributed by atoms with E-state index in [1.165, 1.54) is 0 Å². The van der Waals surface area contributed by atoms with E-state index >= 15 is 0 Å². The second-order valence-electron chi connectivity index (χ2n) is 5.72. The third kappa shape index (κ3) is 6.25. The van der Waals surface area contributed by atoms with E-state index in [2.05, 4.69) is 24.1 Å². The number of nitrogens with zero attached hydrogens (tertiary/aromatic N) is 1. The number of carboxylic acid groups (broad SMARTS) is 1. The van der Waals surface area contributed by atoms with Crippen LogP contribution >= 0.6 is 0 Å². The minimum atomic E-state index is -0.808. The summed E-state index contributed by atoms with van der Waals surface area (Å²) in [6, 6.07) is 3.21. The van der Waals surface area contributed by atoms with Crippen molar-refractivity contribution in [1.29, 1.82) is 0 Å². The van der Waals surface area contributed by atoms with Gasteiger partial charge in [0.2, 0.25) is 5.91 Å². The number of carbonyl (C=O) groups is 2. The molecule has 0 aliphatic rings. The summed E-state index contributed by atoms with van der Waals surface area (Å²) in [7, 11) is 0. The van der Waals surface area contributed by atoms with Crippen molar-refractivity contribution in [3.63, 3.8) is 0 Å². The van der Waals surface area contributed by atoms with E-state index in [4.69, 9.17) is 10.8 Å². The largest absolute Gasteiger partial charge is 0.481 e. The highest BCUT2D eigenvalue weighted by atomic mass is 16.4. The second kappa shape index (κ2) is 7.61. The summed E-state index contributed by atoms with van der Waals surface area (Å²) in [5.74, 6) is -0.335. The van der Waals surface area contributed by atoms with Gasteiger partial charge in [-0.3, -0.25) is 9.59 Å². The molecule has 0 fully saturated rings. The van der Waals surface area contributed by atoms with Crippen LogP contribution in [0.2, 0.25) is 0 Å². The maximum Gasteiger partial charge on any atom is 0.303 e. The molecule has 6 heteroatoms. The van der Waals surface area contributed by atoms with Crippen molar-refractivity contribution in [3.8, 4) is 0 Å². The standard InChI is InChI=1S/C15H23N3O3/c1-9(2)4-11(6-14(19)20)8-17-13-7-12(15(16)21)5-10(3)18-13/h5,7,9,11H,4,6,8H2,1-3H3,(H2,16,21)(H,17,18)(H,19,20). The van der Waals surface area contributed by atoms with Gasteiger partial charge in [0.25, 0.3) is 0 Å². The zero-order valence-electron chi connectivity index (χ0n) is 12.7. The van der Waals surface area contributed by atoms with Crippen LogP contribution in [0.25, 0.3) is 0 Å². The number of primary amides is 1. The van der Waals surface area contributed by atoms with Crippen LogP contribution in [0.4, 0.5) is 5.82 Å². The lowest BCUT2D eigenvalue weighted by Crippen LogP contribution is -2.20. The van der Waals surface area contributed by atoms with Gasteiger partial charge in [0.15, 0.2) is 0 Å². The molecular weight excluding hydrogens is 270 g/mol. The number of aliphatic carboxylic acids is 1. The third-order valence-corrected chi connectivity index (χ3v) is 3.08. The third-order valence-electron chi connectivity index (χ3n) is 3.08. The maximum absolute atomic E-state index is 11.2. The first-order chi connectivity index (χ1) is 9.77. The van der Waals surface area contributed by atoms with Crippen LogP contribution < -0.4 is 11.1 Å². The molecule has 1 unspecified atom stereocenters. The number of pyridine rings is 1. The molecule has 1 atom stereocenters. The highest BCUT2D eigenvalue weighted by molar-refractivity contribution is 5.93. The zero-order valence-corrected chi connectivity index (χ0v) is 12.7. The van der Waals surface area contributed by atoms with Gasteiger partial charge in [0, 0.05) is 24.2 Å². The molecule has 0 aromatic carbocycles. The molecule has 116 valence electrons. The molecule has 1 heterocycles. The van der Waals surface area contributed by atoms with Gasteiger partial charge in [0.1, 0.15) is 5.82 Å². The van der Waals surface area contributed by atoms with Crippen molar-refractivity contribution in [2.24, 2.45) is 17.6 Å². The number of carbonyl (C=O) groups excluding carboxylic acids is 1. The lowest BCUT2D eigenvalue weighted by Gasteiger charge is -2.18. The Balaban J connectivity index is 2.74. The summed E-state index contributed by atoms with van der Waals surface area (Å²) in [5.41, 5.74) is 6.35. The quantitative estimate of drug-likeness (QED) is 0.680. The molecule has 1 aromatic rings. The fraction of sp³-hybridized carbons (Fsp3) is 0.533. The predicted octanol–water partition coefficient (Wildman–Crippen LogP) is 2.04. The van der Waals surface area contributed by atoms with Gasteiger partial charge >= 0.3 is 5.97 Å². The van der Waals surface area contributed by atoms with Crippen LogP contribution in [0.15, 0.2) is 12.1 Å². The normalized spacial score (nSPS) is 12.2. The van der Waals surface area contributed by atoms with Crippen molar-refractivity contribution in [3.05, 3.63) is 23.4 Å². The highest BCUT2D eigenvalue weighted by Gasteiger charge is 2.15. The van der Waals surface area contributed by atoms with Crippen LogP contribution in [0.1, 0.15) is 42.7 Å². The second-order valence-corrected chi connectivity index (χ2v) is 5.72. The molecule has 21 heavy (non-hydrogen) atoms. The molecular formula is C15H23N3O3. The Morgan fingerprint density at radius 1 is 1.38 bits per heavy atom. The molecule has 0 aliphatic carbocycles. The number of hydrogen-bond acceptors (Lipinski definition) is 4. The summed E-state index contributed by atoms with van der Waals surface area (Å²) < 4.78 is 0. The average molecular weight is 293 g/mol. The Bertz CT molecular complexity index is 515. The molecule has 0 spiro atoms. The average Bonchev–Trinajstić information content (AvgIpc) is 2.34. The lowest BCUT2D eigenvalue weighted by molar-refractivity contribution is -0.138. The molecule has 1 amide bonds. The van der Waals surface area contributed by atoms with E-state index in [0.29, 0.717) is 29.5 Å². The molecule has 1 rings (SSSR count). The number of rotatable bonds is 8. The fourth-order valence-electron chi connectivity index (χ4n) is 2.30. The van der Waals surface area contributed by atoms with E-state index < -0.39 is 11.9 Å². The molecule has 0 saturated carbocycles. The van der Waals surface area contributed by atoms with E-state index in [-0.39, 0.29) is 12.3 Å². The SMILES string of the molecule is Cc1cc(C(N)=O)cc(NCC(CC(=O)O)CC(C)C)n1. The topological polar surface area (TPSA) is 105 Å². The molecule has 1 aromatic heterocycles. The summed E-state index contributed by atoms with van der Waals surface area (Å²) >= 11 is 0. The Morgan fingerprint density at radius 3 is 2.57 bits per heavy atom. The molecule has 0 radical (unpaired) electrons. The first-order valence-electron chi connectivity index (χ1n) is 7.02. The van der Waals surface area contributed by atoms with Gasteiger partial charge in [-0.05, 0) is 37.3 Å². The Hall–Kier alpha value is -2.11. The van der Waals surface area contributed by atoms with Crippen LogP contribution in [-0.4, -0.2) is 28.5 Å². The predicted molar refractivity (Wildman–Crippen MR) is 81.2 cm³/mol. The minimum Gasteiger partial charge on any atom is -0.481 e. The summed E-state index contributed by atoms with van der Waals surface area (Å²) in [6.07, 6.45) is 0.924. The van der Waals surface area contributed by atoms with Gasteiger partial charge in [-0.1, -0.05) is 13.8 Å². The van der Waals surface area contributed by atoms with Crippen molar-refractivity contribution >= 4 is 17.7 Å². The van der Waals surface area contributed by atoms with Crippen LogP contribution in [0, 0.1) is 18.8 Å². The first-order valence-corrected chi connectivity index (χ1v) is 7.02. The molecule has 0 bridgehead atoms. The Labute approximate surface area is 124 Å². The summed E-state index contributed by atoms with van der Waals surface area (Å²) in [6.45, 7) is 6.40. The minimum absolute atomic E-state index is 0.0156. The lowest BCUT2D eigenvalue weighted by atomic mass is 9.94. The molecule has 4 N–H and O–H groups in total. The van der Waals surface area contributed by atoms with Crippen molar-refractivity contribution in [2.45, 2.75) is 33.6 Å². The van der Waals surface area contributed by atoms with Crippen molar-refractivity contribution in [1.82, 2.24) is 4.98 Å². The van der Waals surface area contributed by atoms with Gasteiger partial charge in [0.05, 0.1) is 0 Å². The van der Waals surface area contributed by atoms with E-state index in [0.717, 1.165) is 6.42 Å². The fourth-order valence-corrected chi connectivity index (χ4v) is 2.30. The first kappa shape index (κ1) is 16.9. The number of amides is 1. The highest BCUT2D eigenvalue weighted by Crippen LogP contribution is 2.17.